The number of amides is 1. The van der Waals surface area contributed by atoms with Crippen molar-refractivity contribution in [1.29, 1.82) is 0 Å². The molecule has 0 saturated carbocycles. The van der Waals surface area contributed by atoms with E-state index in [1.165, 1.54) is 6.92 Å². The van der Waals surface area contributed by atoms with E-state index in [0.717, 1.165) is 17.7 Å². The molecule has 6 rings (SSSR count). The van der Waals surface area contributed by atoms with Crippen LogP contribution in [0.25, 0.3) is 0 Å². The number of benzene rings is 2. The fourth-order valence-electron chi connectivity index (χ4n) is 7.41. The maximum atomic E-state index is 13.5. The molecule has 1 fully saturated rings. The number of likely N-dealkylation sites (tertiary alicyclic amines) is 1. The van der Waals surface area contributed by atoms with Crippen molar-refractivity contribution in [2.24, 2.45) is 0 Å². The second kappa shape index (κ2) is 11.1. The highest BCUT2D eigenvalue weighted by Gasteiger charge is 2.72. The number of ether oxygens (including phenoxy) is 5. The maximum Gasteiger partial charge on any atom is 0.509 e. The van der Waals surface area contributed by atoms with Crippen molar-refractivity contribution < 1.29 is 43.2 Å². The number of methoxy groups -OCH3 is 1. The van der Waals surface area contributed by atoms with Gasteiger partial charge in [0, 0.05) is 23.6 Å². The van der Waals surface area contributed by atoms with Gasteiger partial charge in [0.05, 0.1) is 18.1 Å². The first-order valence-electron chi connectivity index (χ1n) is 15.3. The summed E-state index contributed by atoms with van der Waals surface area (Å²) in [5.41, 5.74) is -0.396. The fourth-order valence-corrected chi connectivity index (χ4v) is 7.41. The summed E-state index contributed by atoms with van der Waals surface area (Å²) >= 11 is 0. The summed E-state index contributed by atoms with van der Waals surface area (Å²) in [6.45, 7) is 7.28. The standard InChI is InChI=1S/C34H40N2O9/c1-19(35-29(37)26(20-10-8-7-9-11-20)44-31(39)45-32(2,3)4)30(38)42-23-14-15-34(40)24-18-21-12-13-22(41-6)27-25(21)33(34,28(23)43-27)16-17-36(24)5/h7-14,19,24,26,28,40H,15-18H2,1-6H3,(H,35,37)/t19-,24-,26-,28-,33-,34+/m0/s1. The number of esters is 1. The Labute approximate surface area is 262 Å². The van der Waals surface area contributed by atoms with Gasteiger partial charge in [-0.2, -0.15) is 0 Å². The third kappa shape index (κ3) is 5.02. The highest BCUT2D eigenvalue weighted by molar-refractivity contribution is 5.89. The van der Waals surface area contributed by atoms with Crippen LogP contribution in [0.5, 0.6) is 11.5 Å². The van der Waals surface area contributed by atoms with Gasteiger partial charge < -0.3 is 39.0 Å². The summed E-state index contributed by atoms with van der Waals surface area (Å²) in [6.07, 6.45) is 0.100. The Morgan fingerprint density at radius 2 is 1.87 bits per heavy atom. The summed E-state index contributed by atoms with van der Waals surface area (Å²) < 4.78 is 28.8. The van der Waals surface area contributed by atoms with Gasteiger partial charge >= 0.3 is 12.1 Å². The third-order valence-electron chi connectivity index (χ3n) is 9.43. The van der Waals surface area contributed by atoms with Gasteiger partial charge in [-0.05, 0) is 71.8 Å². The number of rotatable bonds is 7. The number of piperidine rings is 1. The first kappa shape index (κ1) is 30.9. The normalized spacial score (nSPS) is 27.6. The molecule has 2 aliphatic carbocycles. The number of nitrogens with zero attached hydrogens (tertiary/aromatic N) is 1. The quantitative estimate of drug-likeness (QED) is 0.442. The van der Waals surface area contributed by atoms with Gasteiger partial charge in [-0.25, -0.2) is 9.59 Å². The van der Waals surface area contributed by atoms with Crippen LogP contribution in [0.15, 0.2) is 54.3 Å². The van der Waals surface area contributed by atoms with Gasteiger partial charge in [0.15, 0.2) is 17.6 Å². The smallest absolute Gasteiger partial charge is 0.493 e. The molecular formula is C34H40N2O9. The van der Waals surface area contributed by atoms with Crippen LogP contribution in [0.3, 0.4) is 0 Å². The number of hydrogen-bond donors (Lipinski definition) is 2. The van der Waals surface area contributed by atoms with E-state index >= 15 is 0 Å². The number of nitrogens with one attached hydrogen (secondary N) is 1. The minimum Gasteiger partial charge on any atom is -0.493 e. The van der Waals surface area contributed by atoms with E-state index in [4.69, 9.17) is 23.7 Å². The summed E-state index contributed by atoms with van der Waals surface area (Å²) in [4.78, 5) is 41.6. The lowest BCUT2D eigenvalue weighted by Crippen LogP contribution is -2.74. The molecule has 2 heterocycles. The van der Waals surface area contributed by atoms with E-state index in [9.17, 15) is 19.5 Å². The molecule has 2 aromatic rings. The molecule has 1 spiro atoms. The average Bonchev–Trinajstić information content (AvgIpc) is 3.34. The maximum absolute atomic E-state index is 13.5. The third-order valence-corrected chi connectivity index (χ3v) is 9.43. The van der Waals surface area contributed by atoms with E-state index in [2.05, 4.69) is 10.2 Å². The Morgan fingerprint density at radius 3 is 2.56 bits per heavy atom. The summed E-state index contributed by atoms with van der Waals surface area (Å²) in [5.74, 6) is -0.0408. The highest BCUT2D eigenvalue weighted by Crippen LogP contribution is 2.65. The molecule has 4 aliphatic rings. The number of likely N-dealkylation sites (N-methyl/N-ethyl adjacent to an activating group) is 1. The predicted molar refractivity (Wildman–Crippen MR) is 162 cm³/mol. The zero-order chi connectivity index (χ0) is 32.3. The molecule has 0 unspecified atom stereocenters. The summed E-state index contributed by atoms with van der Waals surface area (Å²) in [6, 6.07) is 11.1. The molecule has 2 bridgehead atoms. The first-order valence-corrected chi connectivity index (χ1v) is 15.3. The van der Waals surface area contributed by atoms with Crippen LogP contribution in [-0.2, 0) is 35.6 Å². The fraction of sp³-hybridized carbons (Fsp3) is 0.500. The Bertz CT molecular complexity index is 1550. The van der Waals surface area contributed by atoms with Crippen LogP contribution in [-0.4, -0.2) is 78.1 Å². The molecule has 2 N–H and O–H groups in total. The zero-order valence-corrected chi connectivity index (χ0v) is 26.4. The largest absolute Gasteiger partial charge is 0.509 e. The molecule has 2 aromatic carbocycles. The van der Waals surface area contributed by atoms with Crippen LogP contribution in [0, 0.1) is 0 Å². The van der Waals surface area contributed by atoms with Crippen LogP contribution < -0.4 is 14.8 Å². The SMILES string of the molecule is COc1ccc2c3c1O[C@H]1C(OC(=O)[C@H](C)NC(=O)[C@@H](OC(=O)OC(C)(C)C)c4ccccc4)=CC[C@@]4(O)[C@H](C2)N(C)CC[C@]314. The molecule has 11 heteroatoms. The first-order chi connectivity index (χ1) is 21.3. The molecule has 11 nitrogen and oxygen atoms in total. The second-order valence-corrected chi connectivity index (χ2v) is 13.3. The number of aliphatic hydroxyl groups is 1. The van der Waals surface area contributed by atoms with Crippen molar-refractivity contribution in [3.63, 3.8) is 0 Å². The van der Waals surface area contributed by atoms with Crippen molar-refractivity contribution in [3.8, 4) is 11.5 Å². The van der Waals surface area contributed by atoms with Crippen molar-refractivity contribution >= 4 is 18.0 Å². The number of hydrogen-bond acceptors (Lipinski definition) is 10. The minimum absolute atomic E-state index is 0.143. The van der Waals surface area contributed by atoms with Gasteiger partial charge in [-0.3, -0.25) is 4.79 Å². The predicted octanol–water partition coefficient (Wildman–Crippen LogP) is 3.71. The number of carbonyl (C=O) groups is 3. The topological polar surface area (TPSA) is 133 Å². The van der Waals surface area contributed by atoms with E-state index in [1.54, 1.807) is 64.3 Å². The lowest BCUT2D eigenvalue weighted by Gasteiger charge is -2.61. The Balaban J connectivity index is 1.23. The Kier molecular flexibility index (Phi) is 7.60. The van der Waals surface area contributed by atoms with Crippen molar-refractivity contribution in [3.05, 3.63) is 71.0 Å². The molecule has 1 amide bonds. The van der Waals surface area contributed by atoms with Gasteiger partial charge in [-0.1, -0.05) is 36.4 Å². The van der Waals surface area contributed by atoms with Crippen molar-refractivity contribution in [2.75, 3.05) is 20.7 Å². The van der Waals surface area contributed by atoms with E-state index in [0.29, 0.717) is 29.9 Å². The molecule has 0 radical (unpaired) electrons. The average molecular weight is 621 g/mol. The lowest BCUT2D eigenvalue weighted by molar-refractivity contribution is -0.170. The molecule has 45 heavy (non-hydrogen) atoms. The summed E-state index contributed by atoms with van der Waals surface area (Å²) in [7, 11) is 3.60. The highest BCUT2D eigenvalue weighted by atomic mass is 16.7. The molecule has 1 saturated heterocycles. The molecule has 2 aliphatic heterocycles. The molecule has 6 atom stereocenters. The van der Waals surface area contributed by atoms with Crippen LogP contribution in [0.4, 0.5) is 4.79 Å². The lowest BCUT2D eigenvalue weighted by atomic mass is 9.50. The van der Waals surface area contributed by atoms with Crippen LogP contribution in [0.2, 0.25) is 0 Å². The van der Waals surface area contributed by atoms with Gasteiger partial charge in [-0.15, -0.1) is 0 Å². The van der Waals surface area contributed by atoms with Crippen LogP contribution in [0.1, 0.15) is 63.3 Å². The van der Waals surface area contributed by atoms with Gasteiger partial charge in [0.2, 0.25) is 6.10 Å². The number of carbonyl (C=O) groups excluding carboxylic acids is 3. The molecular weight excluding hydrogens is 580 g/mol. The minimum atomic E-state index is -1.36. The van der Waals surface area contributed by atoms with E-state index < -0.39 is 52.9 Å². The van der Waals surface area contributed by atoms with Crippen LogP contribution >= 0.6 is 0 Å². The monoisotopic (exact) mass is 620 g/mol. The summed E-state index contributed by atoms with van der Waals surface area (Å²) in [5, 5.41) is 15.0. The van der Waals surface area contributed by atoms with Crippen molar-refractivity contribution in [2.45, 2.75) is 87.9 Å². The van der Waals surface area contributed by atoms with Gasteiger partial charge in [0.1, 0.15) is 17.4 Å². The Morgan fingerprint density at radius 1 is 1.13 bits per heavy atom. The molecule has 240 valence electrons. The Hall–Kier alpha value is -4.09. The van der Waals surface area contributed by atoms with Gasteiger partial charge in [0.25, 0.3) is 5.91 Å². The van der Waals surface area contributed by atoms with E-state index in [-0.39, 0.29) is 18.2 Å². The second-order valence-electron chi connectivity index (χ2n) is 13.3. The van der Waals surface area contributed by atoms with E-state index in [1.807, 2.05) is 19.2 Å². The zero-order valence-electron chi connectivity index (χ0n) is 26.4. The van der Waals surface area contributed by atoms with Crippen molar-refractivity contribution in [1.82, 2.24) is 10.2 Å². The molecule has 0 aromatic heterocycles.